The van der Waals surface area contributed by atoms with Crippen LogP contribution in [-0.2, 0) is 33.3 Å². The Morgan fingerprint density at radius 1 is 0.710 bits per heavy atom. The van der Waals surface area contributed by atoms with Crippen LogP contribution < -0.4 is 10.6 Å². The second kappa shape index (κ2) is 20.3. The van der Waals surface area contributed by atoms with Crippen molar-refractivity contribution in [2.45, 2.75) is 82.5 Å². The highest BCUT2D eigenvalue weighted by Crippen LogP contribution is 2.40. The fraction of sp³-hybridized carbons (Fsp3) is 0.488. The van der Waals surface area contributed by atoms with Gasteiger partial charge in [0.15, 0.2) is 10.3 Å². The number of carbonyl (C=O) groups is 4. The maximum absolute atomic E-state index is 14.0. The van der Waals surface area contributed by atoms with Gasteiger partial charge in [0.2, 0.25) is 11.8 Å². The number of hydrogen-bond acceptors (Lipinski definition) is 11. The maximum atomic E-state index is 14.0. The van der Waals surface area contributed by atoms with Gasteiger partial charge in [-0.3, -0.25) is 9.59 Å². The lowest BCUT2D eigenvalue weighted by atomic mass is 10.0. The van der Waals surface area contributed by atoms with Crippen molar-refractivity contribution < 1.29 is 42.9 Å². The Balaban J connectivity index is 1.18. The van der Waals surface area contributed by atoms with E-state index in [4.69, 9.17) is 46.9 Å². The van der Waals surface area contributed by atoms with Crippen LogP contribution in [0.25, 0.3) is 33.6 Å². The summed E-state index contributed by atoms with van der Waals surface area (Å²) in [7, 11) is 7.04. The van der Waals surface area contributed by atoms with Crippen LogP contribution in [0.15, 0.2) is 48.5 Å². The molecule has 2 aromatic carbocycles. The molecule has 2 aliphatic heterocycles. The first kappa shape index (κ1) is 46.3. The number of aromatic amines is 2. The molecular formula is C43H54Cl2N8O9. The zero-order valence-electron chi connectivity index (χ0n) is 36.0. The van der Waals surface area contributed by atoms with Crippen LogP contribution in [0.3, 0.4) is 0 Å². The van der Waals surface area contributed by atoms with E-state index in [1.54, 1.807) is 30.8 Å². The Bertz CT molecular complexity index is 2200. The Hall–Kier alpha value is -5.20. The van der Waals surface area contributed by atoms with Crippen molar-refractivity contribution in [2.24, 2.45) is 5.92 Å². The summed E-state index contributed by atoms with van der Waals surface area (Å²) in [5.74, 6) is 0.440. The summed E-state index contributed by atoms with van der Waals surface area (Å²) in [4.78, 5) is 71.7. The van der Waals surface area contributed by atoms with Crippen molar-refractivity contribution in [1.29, 1.82) is 0 Å². The largest absolute Gasteiger partial charge is 0.453 e. The molecule has 4 heterocycles. The lowest BCUT2D eigenvalue weighted by Crippen LogP contribution is -2.55. The molecule has 17 nitrogen and oxygen atoms in total. The van der Waals surface area contributed by atoms with Gasteiger partial charge in [0.05, 0.1) is 56.5 Å². The van der Waals surface area contributed by atoms with Crippen LogP contribution >= 0.6 is 23.2 Å². The average Bonchev–Trinajstić information content (AvgIpc) is 4.08. The van der Waals surface area contributed by atoms with E-state index in [1.807, 2.05) is 55.5 Å². The number of halogens is 2. The van der Waals surface area contributed by atoms with Crippen LogP contribution in [0.4, 0.5) is 9.59 Å². The molecule has 19 heteroatoms. The molecule has 334 valence electrons. The van der Waals surface area contributed by atoms with E-state index in [9.17, 15) is 19.2 Å². The van der Waals surface area contributed by atoms with E-state index < -0.39 is 48.6 Å². The molecule has 0 bridgehead atoms. The molecule has 0 aliphatic carbocycles. The van der Waals surface area contributed by atoms with Crippen molar-refractivity contribution in [2.75, 3.05) is 48.7 Å². The summed E-state index contributed by atoms with van der Waals surface area (Å²) >= 11 is 13.5. The maximum Gasteiger partial charge on any atom is 0.407 e. The smallest absolute Gasteiger partial charge is 0.407 e. The highest BCUT2D eigenvalue weighted by Gasteiger charge is 2.44. The third kappa shape index (κ3) is 9.87. The number of likely N-dealkylation sites (tertiary alicyclic amines) is 2. The first-order valence-corrected chi connectivity index (χ1v) is 21.1. The quantitative estimate of drug-likeness (QED) is 0.101. The summed E-state index contributed by atoms with van der Waals surface area (Å²) in [5.41, 5.74) is 4.74. The van der Waals surface area contributed by atoms with Gasteiger partial charge >= 0.3 is 12.2 Å². The summed E-state index contributed by atoms with van der Waals surface area (Å²) in [5, 5.41) is 5.77. The third-order valence-electron chi connectivity index (χ3n) is 11.8. The number of H-pyrrole nitrogens is 2. The molecule has 0 spiro atoms. The van der Waals surface area contributed by atoms with Crippen LogP contribution in [0.5, 0.6) is 0 Å². The molecule has 4 N–H and O–H groups in total. The van der Waals surface area contributed by atoms with Gasteiger partial charge in [-0.2, -0.15) is 0 Å². The molecule has 2 fully saturated rings. The molecule has 0 unspecified atom stereocenters. The number of ether oxygens (including phenoxy) is 5. The van der Waals surface area contributed by atoms with Crippen molar-refractivity contribution in [3.05, 3.63) is 70.5 Å². The van der Waals surface area contributed by atoms with E-state index in [2.05, 4.69) is 30.6 Å². The summed E-state index contributed by atoms with van der Waals surface area (Å²) < 4.78 is 25.9. The number of imidazole rings is 2. The van der Waals surface area contributed by atoms with Crippen LogP contribution in [0.2, 0.25) is 10.3 Å². The number of alkyl carbamates (subject to hydrolysis) is 2. The van der Waals surface area contributed by atoms with Crippen molar-refractivity contribution in [1.82, 2.24) is 40.4 Å². The molecule has 4 aromatic rings. The minimum Gasteiger partial charge on any atom is -0.453 e. The number of methoxy groups -OCH3 is 5. The fourth-order valence-electron chi connectivity index (χ4n) is 8.24. The van der Waals surface area contributed by atoms with E-state index in [0.29, 0.717) is 49.0 Å². The molecule has 2 aliphatic rings. The summed E-state index contributed by atoms with van der Waals surface area (Å²) in [6, 6.07) is 12.8. The first-order chi connectivity index (χ1) is 29.7. The molecule has 6 rings (SSSR count). The van der Waals surface area contributed by atoms with Gasteiger partial charge in [0.1, 0.15) is 23.7 Å². The molecule has 4 amide bonds. The lowest BCUT2D eigenvalue weighted by molar-refractivity contribution is -0.139. The number of nitrogens with zero attached hydrogens (tertiary/aromatic N) is 4. The Morgan fingerprint density at radius 3 is 1.61 bits per heavy atom. The highest BCUT2D eigenvalue weighted by molar-refractivity contribution is 6.32. The first-order valence-electron chi connectivity index (χ1n) is 20.3. The Labute approximate surface area is 370 Å². The summed E-state index contributed by atoms with van der Waals surface area (Å²) in [6.45, 7) is 6.19. The molecule has 0 radical (unpaired) electrons. The fourth-order valence-corrected chi connectivity index (χ4v) is 8.74. The van der Waals surface area contributed by atoms with Crippen molar-refractivity contribution in [3.8, 4) is 33.6 Å². The Kier molecular flexibility index (Phi) is 15.2. The number of benzene rings is 2. The summed E-state index contributed by atoms with van der Waals surface area (Å²) in [6.07, 6.45) is -0.756. The van der Waals surface area contributed by atoms with Crippen molar-refractivity contribution in [3.63, 3.8) is 0 Å². The zero-order valence-corrected chi connectivity index (χ0v) is 37.5. The third-order valence-corrected chi connectivity index (χ3v) is 12.3. The van der Waals surface area contributed by atoms with E-state index in [1.165, 1.54) is 28.4 Å². The molecular weight excluding hydrogens is 843 g/mol. The van der Waals surface area contributed by atoms with Gasteiger partial charge in [-0.15, -0.1) is 0 Å². The predicted molar refractivity (Wildman–Crippen MR) is 231 cm³/mol. The monoisotopic (exact) mass is 896 g/mol. The minimum atomic E-state index is -0.997. The molecule has 62 heavy (non-hydrogen) atoms. The van der Waals surface area contributed by atoms with E-state index in [0.717, 1.165) is 28.7 Å². The predicted octanol–water partition coefficient (Wildman–Crippen LogP) is 6.55. The average molecular weight is 898 g/mol. The lowest BCUT2D eigenvalue weighted by Gasteiger charge is -2.33. The van der Waals surface area contributed by atoms with Gasteiger partial charge in [0, 0.05) is 51.0 Å². The SMILES string of the molecule is COC[C@H]1C[C@@H](c2nc(Cl)c(-c3ccc(-c4ccc(-c5[nH]c([C@@H]6CC[C@H](C)N6C(=O)[C@@H](NC(=O)OC)[C@@H](C)OC)nc5Cl)cc4)cc3)[nH]2)N(C(=O)[C@@H](NC(=O)OC)[C@@H](C)OC)C1. The normalized spacial score (nSPS) is 20.7. The van der Waals surface area contributed by atoms with Gasteiger partial charge in [-0.25, -0.2) is 19.6 Å². The van der Waals surface area contributed by atoms with E-state index >= 15 is 0 Å². The molecule has 2 saturated heterocycles. The van der Waals surface area contributed by atoms with Gasteiger partial charge in [-0.05, 0) is 51.2 Å². The van der Waals surface area contributed by atoms with E-state index in [-0.39, 0.29) is 34.1 Å². The topological polar surface area (TPSA) is 202 Å². The van der Waals surface area contributed by atoms with Crippen LogP contribution in [-0.4, -0.2) is 133 Å². The standard InChI is InChI=1S/C43H54Cl2N8O9/c1-22-9-18-30(53(22)41(55)33(24(3)60-6)49-43(57)62-8)38-46-34(36(44)50-38)28-14-10-26(11-15-28)27-12-16-29(17-13-27)35-37(45)51-39(47-35)31-19-25(21-58-4)20-52(31)40(54)32(23(2)59-5)48-42(56)61-7/h10-17,22-25,30-33H,9,18-21H2,1-8H3,(H,46,50)(H,47,51)(H,48,56)(H,49,57)/t22-,23+,24+,25-,30-,31-,32-,33-/m0/s1. The number of hydrogen-bond donors (Lipinski definition) is 4. The molecule has 2 aromatic heterocycles. The van der Waals surface area contributed by atoms with Crippen molar-refractivity contribution >= 4 is 47.2 Å². The number of rotatable bonds is 15. The highest BCUT2D eigenvalue weighted by atomic mass is 35.5. The molecule has 0 saturated carbocycles. The molecule has 8 atom stereocenters. The number of carbonyl (C=O) groups excluding carboxylic acids is 4. The number of nitrogens with one attached hydrogen (secondary N) is 4. The Morgan fingerprint density at radius 2 is 1.16 bits per heavy atom. The number of aromatic nitrogens is 4. The van der Waals surface area contributed by atoms with Gasteiger partial charge < -0.3 is 54.1 Å². The second-order valence-corrected chi connectivity index (χ2v) is 16.3. The minimum absolute atomic E-state index is 0.0219. The van der Waals surface area contributed by atoms with Gasteiger partial charge in [-0.1, -0.05) is 71.7 Å². The van der Waals surface area contributed by atoms with Gasteiger partial charge in [0.25, 0.3) is 0 Å². The zero-order chi connectivity index (χ0) is 44.8. The second-order valence-electron chi connectivity index (χ2n) is 15.6. The van der Waals surface area contributed by atoms with Crippen LogP contribution in [0, 0.1) is 5.92 Å². The number of amides is 4. The van der Waals surface area contributed by atoms with Crippen LogP contribution in [0.1, 0.15) is 63.8 Å².